The van der Waals surface area contributed by atoms with Gasteiger partial charge in [-0.15, -0.1) is 0 Å². The minimum atomic E-state index is -0.385. The van der Waals surface area contributed by atoms with E-state index in [0.717, 1.165) is 27.6 Å². The van der Waals surface area contributed by atoms with E-state index in [2.05, 4.69) is 0 Å². The molecule has 0 fully saturated rings. The molecule has 0 bridgehead atoms. The maximum Gasteiger partial charge on any atom is 0.336 e. The standard InChI is InChI=1S/C22H23NO4/c1-15-9-10-19-18(11-20(24)27-22(19)16(15)2)13-23(14-21(25)26-3)12-17-7-5-4-6-8-17/h4-11H,12-14H2,1-3H3. The van der Waals surface area contributed by atoms with Crippen LogP contribution < -0.4 is 5.63 Å². The lowest BCUT2D eigenvalue weighted by Crippen LogP contribution is -2.30. The molecule has 5 nitrogen and oxygen atoms in total. The molecule has 140 valence electrons. The van der Waals surface area contributed by atoms with Gasteiger partial charge in [-0.25, -0.2) is 4.79 Å². The topological polar surface area (TPSA) is 59.8 Å². The summed E-state index contributed by atoms with van der Waals surface area (Å²) in [6.45, 7) is 5.08. The zero-order valence-electron chi connectivity index (χ0n) is 15.8. The molecule has 3 aromatic rings. The molecule has 0 atom stereocenters. The van der Waals surface area contributed by atoms with E-state index in [-0.39, 0.29) is 18.1 Å². The van der Waals surface area contributed by atoms with Crippen LogP contribution in [0.1, 0.15) is 22.3 Å². The Labute approximate surface area is 158 Å². The maximum absolute atomic E-state index is 12.1. The molecule has 0 saturated carbocycles. The minimum absolute atomic E-state index is 0.137. The molecule has 0 radical (unpaired) electrons. The molecule has 0 N–H and O–H groups in total. The zero-order chi connectivity index (χ0) is 19.4. The first-order valence-corrected chi connectivity index (χ1v) is 8.84. The summed E-state index contributed by atoms with van der Waals surface area (Å²) >= 11 is 0. The molecule has 2 aromatic carbocycles. The second kappa shape index (κ2) is 8.18. The fourth-order valence-corrected chi connectivity index (χ4v) is 3.15. The van der Waals surface area contributed by atoms with Crippen LogP contribution in [0.4, 0.5) is 0 Å². The molecule has 27 heavy (non-hydrogen) atoms. The molecule has 0 saturated heterocycles. The van der Waals surface area contributed by atoms with Crippen LogP contribution in [-0.4, -0.2) is 24.5 Å². The summed E-state index contributed by atoms with van der Waals surface area (Å²) < 4.78 is 10.3. The molecule has 0 aliphatic carbocycles. The molecule has 0 amide bonds. The van der Waals surface area contributed by atoms with Crippen LogP contribution in [0.5, 0.6) is 0 Å². The van der Waals surface area contributed by atoms with Gasteiger partial charge in [-0.2, -0.15) is 0 Å². The third-order valence-corrected chi connectivity index (χ3v) is 4.74. The number of hydrogen-bond donors (Lipinski definition) is 0. The smallest absolute Gasteiger partial charge is 0.336 e. The Hall–Kier alpha value is -2.92. The second-order valence-electron chi connectivity index (χ2n) is 6.68. The van der Waals surface area contributed by atoms with E-state index in [4.69, 9.17) is 9.15 Å². The molecule has 0 aliphatic heterocycles. The summed E-state index contributed by atoms with van der Waals surface area (Å²) in [7, 11) is 1.38. The van der Waals surface area contributed by atoms with Crippen molar-refractivity contribution in [3.63, 3.8) is 0 Å². The Morgan fingerprint density at radius 3 is 2.52 bits per heavy atom. The van der Waals surface area contributed by atoms with Crippen molar-refractivity contribution in [3.8, 4) is 0 Å². The van der Waals surface area contributed by atoms with Crippen LogP contribution in [-0.2, 0) is 22.6 Å². The maximum atomic E-state index is 12.1. The number of carbonyl (C=O) groups excluding carboxylic acids is 1. The van der Waals surface area contributed by atoms with Gasteiger partial charge in [-0.3, -0.25) is 9.69 Å². The molecule has 1 heterocycles. The van der Waals surface area contributed by atoms with E-state index < -0.39 is 0 Å². The number of methoxy groups -OCH3 is 1. The summed E-state index contributed by atoms with van der Waals surface area (Å²) in [5.74, 6) is -0.315. The highest BCUT2D eigenvalue weighted by Crippen LogP contribution is 2.24. The first-order chi connectivity index (χ1) is 13.0. The fraction of sp³-hybridized carbons (Fsp3) is 0.273. The lowest BCUT2D eigenvalue weighted by Gasteiger charge is -2.22. The quantitative estimate of drug-likeness (QED) is 0.494. The lowest BCUT2D eigenvalue weighted by molar-refractivity contribution is -0.142. The van der Waals surface area contributed by atoms with E-state index in [1.54, 1.807) is 0 Å². The molecule has 0 spiro atoms. The number of esters is 1. The predicted molar refractivity (Wildman–Crippen MR) is 105 cm³/mol. The first-order valence-electron chi connectivity index (χ1n) is 8.84. The third-order valence-electron chi connectivity index (χ3n) is 4.74. The van der Waals surface area contributed by atoms with E-state index in [0.29, 0.717) is 18.7 Å². The van der Waals surface area contributed by atoms with Crippen molar-refractivity contribution in [1.82, 2.24) is 4.90 Å². The number of ether oxygens (including phenoxy) is 1. The van der Waals surface area contributed by atoms with E-state index >= 15 is 0 Å². The number of nitrogens with zero attached hydrogens (tertiary/aromatic N) is 1. The first kappa shape index (κ1) is 18.9. The largest absolute Gasteiger partial charge is 0.468 e. The van der Waals surface area contributed by atoms with Crippen molar-refractivity contribution < 1.29 is 13.9 Å². The summed E-state index contributed by atoms with van der Waals surface area (Å²) in [6.07, 6.45) is 0. The van der Waals surface area contributed by atoms with Gasteiger partial charge in [-0.1, -0.05) is 42.5 Å². The Bertz CT molecular complexity index is 1010. The Kier molecular flexibility index (Phi) is 5.72. The predicted octanol–water partition coefficient (Wildman–Crippen LogP) is 3.59. The fourth-order valence-electron chi connectivity index (χ4n) is 3.15. The van der Waals surface area contributed by atoms with Crippen molar-refractivity contribution in [2.45, 2.75) is 26.9 Å². The SMILES string of the molecule is COC(=O)CN(Cc1ccccc1)Cc1cc(=O)oc2c(C)c(C)ccc12. The number of rotatable bonds is 6. The van der Waals surface area contributed by atoms with Crippen LogP contribution in [0.25, 0.3) is 11.0 Å². The van der Waals surface area contributed by atoms with Crippen molar-refractivity contribution in [1.29, 1.82) is 0 Å². The van der Waals surface area contributed by atoms with E-state index in [1.807, 2.05) is 61.2 Å². The molecule has 1 aromatic heterocycles. The van der Waals surface area contributed by atoms with Gasteiger partial charge in [0.2, 0.25) is 0 Å². The molecule has 3 rings (SSSR count). The van der Waals surface area contributed by atoms with Crippen LogP contribution in [0, 0.1) is 13.8 Å². The van der Waals surface area contributed by atoms with Crippen LogP contribution in [0.15, 0.2) is 57.7 Å². The van der Waals surface area contributed by atoms with Crippen molar-refractivity contribution in [3.05, 3.63) is 81.2 Å². The normalized spacial score (nSPS) is 11.1. The molecule has 5 heteroatoms. The number of benzene rings is 2. The van der Waals surface area contributed by atoms with Crippen LogP contribution >= 0.6 is 0 Å². The van der Waals surface area contributed by atoms with Gasteiger partial charge in [0, 0.05) is 24.5 Å². The third kappa shape index (κ3) is 4.44. The van der Waals surface area contributed by atoms with Crippen LogP contribution in [0.2, 0.25) is 0 Å². The number of carbonyl (C=O) groups is 1. The highest BCUT2D eigenvalue weighted by Gasteiger charge is 2.16. The average Bonchev–Trinajstić information content (AvgIpc) is 2.65. The Morgan fingerprint density at radius 2 is 1.81 bits per heavy atom. The minimum Gasteiger partial charge on any atom is -0.468 e. The number of aryl methyl sites for hydroxylation is 2. The highest BCUT2D eigenvalue weighted by molar-refractivity contribution is 5.84. The molecule has 0 aliphatic rings. The van der Waals surface area contributed by atoms with Gasteiger partial charge in [0.1, 0.15) is 5.58 Å². The van der Waals surface area contributed by atoms with Gasteiger partial charge < -0.3 is 9.15 Å². The van der Waals surface area contributed by atoms with Gasteiger partial charge >= 0.3 is 11.6 Å². The van der Waals surface area contributed by atoms with Gasteiger partial charge in [0.15, 0.2) is 0 Å². The van der Waals surface area contributed by atoms with Crippen molar-refractivity contribution in [2.24, 2.45) is 0 Å². The monoisotopic (exact) mass is 365 g/mol. The summed E-state index contributed by atoms with van der Waals surface area (Å²) in [5, 5.41) is 0.889. The average molecular weight is 365 g/mol. The van der Waals surface area contributed by atoms with E-state index in [9.17, 15) is 9.59 Å². The Balaban J connectivity index is 1.98. The van der Waals surface area contributed by atoms with Crippen molar-refractivity contribution >= 4 is 16.9 Å². The summed E-state index contributed by atoms with van der Waals surface area (Å²) in [4.78, 5) is 26.0. The molecular formula is C22H23NO4. The second-order valence-corrected chi connectivity index (χ2v) is 6.68. The molecular weight excluding hydrogens is 342 g/mol. The number of fused-ring (bicyclic) bond motifs is 1. The van der Waals surface area contributed by atoms with E-state index in [1.165, 1.54) is 13.2 Å². The van der Waals surface area contributed by atoms with Crippen LogP contribution in [0.3, 0.4) is 0 Å². The van der Waals surface area contributed by atoms with Gasteiger partial charge in [-0.05, 0) is 36.1 Å². The summed E-state index contributed by atoms with van der Waals surface area (Å²) in [6, 6.07) is 15.4. The number of hydrogen-bond acceptors (Lipinski definition) is 5. The van der Waals surface area contributed by atoms with Gasteiger partial charge in [0.25, 0.3) is 0 Å². The Morgan fingerprint density at radius 1 is 1.07 bits per heavy atom. The van der Waals surface area contributed by atoms with Gasteiger partial charge in [0.05, 0.1) is 13.7 Å². The summed E-state index contributed by atoms with van der Waals surface area (Å²) in [5.41, 5.74) is 4.16. The highest BCUT2D eigenvalue weighted by atomic mass is 16.5. The van der Waals surface area contributed by atoms with Crippen molar-refractivity contribution in [2.75, 3.05) is 13.7 Å². The lowest BCUT2D eigenvalue weighted by atomic mass is 10.0. The molecule has 0 unspecified atom stereocenters. The zero-order valence-corrected chi connectivity index (χ0v) is 15.8.